The van der Waals surface area contributed by atoms with Crippen molar-refractivity contribution in [3.8, 4) is 11.5 Å². The van der Waals surface area contributed by atoms with E-state index in [-0.39, 0.29) is 0 Å². The highest BCUT2D eigenvalue weighted by atomic mass is 35.5. The molecule has 2 nitrogen and oxygen atoms in total. The van der Waals surface area contributed by atoms with E-state index in [1.807, 2.05) is 42.5 Å². The summed E-state index contributed by atoms with van der Waals surface area (Å²) in [5.41, 5.74) is 1.79. The van der Waals surface area contributed by atoms with Gasteiger partial charge in [-0.15, -0.1) is 11.6 Å². The van der Waals surface area contributed by atoms with Crippen LogP contribution in [0.1, 0.15) is 5.56 Å². The third-order valence-corrected chi connectivity index (χ3v) is 3.64. The van der Waals surface area contributed by atoms with Crippen LogP contribution in [0, 0.1) is 0 Å². The van der Waals surface area contributed by atoms with Gasteiger partial charge in [-0.25, -0.2) is 0 Å². The van der Waals surface area contributed by atoms with Crippen LogP contribution < -0.4 is 4.74 Å². The Hall–Kier alpha value is -1.77. The second-order valence-electron chi connectivity index (χ2n) is 4.32. The van der Waals surface area contributed by atoms with E-state index < -0.39 is 0 Å². The molecule has 0 aliphatic rings. The number of nitrogens with zero attached hydrogens (tertiary/aromatic N) is 1. The van der Waals surface area contributed by atoms with Crippen LogP contribution in [0.4, 0.5) is 0 Å². The zero-order chi connectivity index (χ0) is 13.9. The monoisotopic (exact) mass is 303 g/mol. The molecule has 0 atom stereocenters. The van der Waals surface area contributed by atoms with Crippen molar-refractivity contribution in [1.82, 2.24) is 4.98 Å². The molecule has 2 aromatic carbocycles. The number of halogens is 2. The number of hydrogen-bond donors (Lipinski definition) is 0. The molecule has 0 amide bonds. The molecule has 0 saturated heterocycles. The molecule has 0 spiro atoms. The van der Waals surface area contributed by atoms with Crippen LogP contribution in [0.2, 0.25) is 5.02 Å². The first-order valence-electron chi connectivity index (χ1n) is 6.14. The highest BCUT2D eigenvalue weighted by molar-refractivity contribution is 6.32. The van der Waals surface area contributed by atoms with Crippen LogP contribution in [0.3, 0.4) is 0 Å². The van der Waals surface area contributed by atoms with E-state index in [1.54, 1.807) is 12.3 Å². The van der Waals surface area contributed by atoms with E-state index in [0.717, 1.165) is 22.2 Å². The smallest absolute Gasteiger partial charge is 0.136 e. The predicted molar refractivity (Wildman–Crippen MR) is 82.8 cm³/mol. The summed E-state index contributed by atoms with van der Waals surface area (Å²) in [4.78, 5) is 4.30. The molecule has 0 N–H and O–H groups in total. The van der Waals surface area contributed by atoms with Crippen LogP contribution in [-0.2, 0) is 5.88 Å². The van der Waals surface area contributed by atoms with E-state index in [1.165, 1.54) is 0 Å². The number of benzene rings is 2. The second-order valence-corrected chi connectivity index (χ2v) is 4.99. The van der Waals surface area contributed by atoms with Crippen molar-refractivity contribution >= 4 is 34.1 Å². The van der Waals surface area contributed by atoms with Crippen LogP contribution >= 0.6 is 23.2 Å². The van der Waals surface area contributed by atoms with E-state index in [4.69, 9.17) is 27.9 Å². The van der Waals surface area contributed by atoms with Gasteiger partial charge in [-0.05, 0) is 42.0 Å². The molecule has 0 radical (unpaired) electrons. The normalized spacial score (nSPS) is 10.7. The molecule has 100 valence electrons. The first-order chi connectivity index (χ1) is 9.78. The molecular formula is C16H11Cl2NO. The number of pyridine rings is 1. The van der Waals surface area contributed by atoms with Gasteiger partial charge in [0.25, 0.3) is 0 Å². The number of rotatable bonds is 3. The van der Waals surface area contributed by atoms with Gasteiger partial charge < -0.3 is 4.74 Å². The molecule has 20 heavy (non-hydrogen) atoms. The summed E-state index contributed by atoms with van der Waals surface area (Å²) < 4.78 is 5.90. The third-order valence-electron chi connectivity index (χ3n) is 3.00. The lowest BCUT2D eigenvalue weighted by molar-refractivity contribution is 0.488. The van der Waals surface area contributed by atoms with Gasteiger partial charge in [0.05, 0.1) is 5.52 Å². The molecule has 0 saturated carbocycles. The molecule has 0 fully saturated rings. The van der Waals surface area contributed by atoms with Crippen LogP contribution in [0.25, 0.3) is 10.9 Å². The lowest BCUT2D eigenvalue weighted by Crippen LogP contribution is -1.88. The number of hydrogen-bond acceptors (Lipinski definition) is 2. The fourth-order valence-electron chi connectivity index (χ4n) is 1.99. The van der Waals surface area contributed by atoms with E-state index in [0.29, 0.717) is 16.7 Å². The predicted octanol–water partition coefficient (Wildman–Crippen LogP) is 5.42. The third kappa shape index (κ3) is 2.58. The van der Waals surface area contributed by atoms with Crippen molar-refractivity contribution in [3.05, 3.63) is 65.3 Å². The summed E-state index contributed by atoms with van der Waals surface area (Å²) in [5.74, 6) is 1.82. The van der Waals surface area contributed by atoms with Gasteiger partial charge in [0.1, 0.15) is 11.5 Å². The largest absolute Gasteiger partial charge is 0.457 e. The fraction of sp³-hybridized carbons (Fsp3) is 0.0625. The molecule has 4 heteroatoms. The van der Waals surface area contributed by atoms with Crippen molar-refractivity contribution < 1.29 is 4.74 Å². The molecule has 0 aliphatic heterocycles. The Kier molecular flexibility index (Phi) is 3.77. The molecule has 0 bridgehead atoms. The number of fused-ring (bicyclic) bond motifs is 1. The average Bonchev–Trinajstić information content (AvgIpc) is 2.48. The van der Waals surface area contributed by atoms with Crippen LogP contribution in [0.15, 0.2) is 54.7 Å². The molecule has 0 aliphatic carbocycles. The van der Waals surface area contributed by atoms with Gasteiger partial charge in [-0.2, -0.15) is 0 Å². The van der Waals surface area contributed by atoms with Crippen molar-refractivity contribution in [2.75, 3.05) is 0 Å². The summed E-state index contributed by atoms with van der Waals surface area (Å²) in [6, 6.07) is 15.1. The average molecular weight is 304 g/mol. The van der Waals surface area contributed by atoms with E-state index in [9.17, 15) is 0 Å². The maximum atomic E-state index is 6.14. The Labute approximate surface area is 126 Å². The van der Waals surface area contributed by atoms with Crippen LogP contribution in [-0.4, -0.2) is 4.98 Å². The highest BCUT2D eigenvalue weighted by Gasteiger charge is 2.06. The Bertz CT molecular complexity index is 753. The molecule has 3 aromatic rings. The quantitative estimate of drug-likeness (QED) is 0.603. The van der Waals surface area contributed by atoms with Gasteiger partial charge in [0.15, 0.2) is 0 Å². The lowest BCUT2D eigenvalue weighted by atomic mass is 10.2. The van der Waals surface area contributed by atoms with Gasteiger partial charge in [-0.1, -0.05) is 23.7 Å². The van der Waals surface area contributed by atoms with Crippen molar-refractivity contribution in [1.29, 1.82) is 0 Å². The van der Waals surface area contributed by atoms with Gasteiger partial charge in [0, 0.05) is 22.5 Å². The highest BCUT2D eigenvalue weighted by Crippen LogP contribution is 2.31. The van der Waals surface area contributed by atoms with Gasteiger partial charge >= 0.3 is 0 Å². The lowest BCUT2D eigenvalue weighted by Gasteiger charge is -2.09. The number of ether oxygens (including phenoxy) is 1. The molecular weight excluding hydrogens is 293 g/mol. The zero-order valence-electron chi connectivity index (χ0n) is 10.5. The van der Waals surface area contributed by atoms with Gasteiger partial charge in [-0.3, -0.25) is 4.98 Å². The molecule has 1 heterocycles. The van der Waals surface area contributed by atoms with Gasteiger partial charge in [0.2, 0.25) is 0 Å². The minimum Gasteiger partial charge on any atom is -0.457 e. The van der Waals surface area contributed by atoms with E-state index in [2.05, 4.69) is 4.98 Å². The summed E-state index contributed by atoms with van der Waals surface area (Å²) in [5, 5.41) is 1.57. The maximum Gasteiger partial charge on any atom is 0.136 e. The first-order valence-corrected chi connectivity index (χ1v) is 7.05. The Morgan fingerprint density at radius 2 is 1.95 bits per heavy atom. The van der Waals surface area contributed by atoms with Crippen molar-refractivity contribution in [2.24, 2.45) is 0 Å². The minimum absolute atomic E-state index is 0.386. The summed E-state index contributed by atoms with van der Waals surface area (Å²) in [7, 11) is 0. The summed E-state index contributed by atoms with van der Waals surface area (Å²) >= 11 is 11.9. The molecule has 1 aromatic heterocycles. The zero-order valence-corrected chi connectivity index (χ0v) is 12.0. The number of aromatic nitrogens is 1. The minimum atomic E-state index is 0.386. The first kappa shape index (κ1) is 13.2. The maximum absolute atomic E-state index is 6.14. The standard InChI is InChI=1S/C16H11Cl2NO/c17-10-11-6-7-12(9-14(11)18)20-16-5-1-4-15-13(16)3-2-8-19-15/h1-9H,10H2. The SMILES string of the molecule is ClCc1ccc(Oc2cccc3ncccc23)cc1Cl. The second kappa shape index (κ2) is 5.70. The van der Waals surface area contributed by atoms with Crippen molar-refractivity contribution in [2.45, 2.75) is 5.88 Å². The number of alkyl halides is 1. The molecule has 0 unspecified atom stereocenters. The topological polar surface area (TPSA) is 22.1 Å². The van der Waals surface area contributed by atoms with Crippen LogP contribution in [0.5, 0.6) is 11.5 Å². The Morgan fingerprint density at radius 1 is 1.05 bits per heavy atom. The Morgan fingerprint density at radius 3 is 2.75 bits per heavy atom. The summed E-state index contributed by atoms with van der Waals surface area (Å²) in [6.07, 6.45) is 1.76. The Balaban J connectivity index is 1.99. The fourth-order valence-corrected chi connectivity index (χ4v) is 2.53. The van der Waals surface area contributed by atoms with E-state index >= 15 is 0 Å². The molecule has 3 rings (SSSR count). The van der Waals surface area contributed by atoms with Crippen molar-refractivity contribution in [3.63, 3.8) is 0 Å². The summed E-state index contributed by atoms with van der Waals surface area (Å²) in [6.45, 7) is 0.